The minimum absolute atomic E-state index is 0.277. The maximum Gasteiger partial charge on any atom is 0.138 e. The first-order valence-corrected chi connectivity index (χ1v) is 6.99. The van der Waals surface area contributed by atoms with E-state index in [0.717, 1.165) is 22.1 Å². The Balaban J connectivity index is 2.16. The van der Waals surface area contributed by atoms with E-state index < -0.39 is 0 Å². The average Bonchev–Trinajstić information content (AvgIpc) is 2.72. The minimum Gasteiger partial charge on any atom is -0.363 e. The smallest absolute Gasteiger partial charge is 0.138 e. The van der Waals surface area contributed by atoms with Crippen molar-refractivity contribution in [2.24, 2.45) is 0 Å². The fraction of sp³-hybridized carbons (Fsp3) is 0.417. The molecular weight excluding hydrogens is 268 g/mol. The predicted octanol–water partition coefficient (Wildman–Crippen LogP) is 3.63. The fourth-order valence-corrected chi connectivity index (χ4v) is 2.73. The number of anilines is 1. The maximum atomic E-state index is 6.11. The molecule has 96 valence electrons. The standard InChI is InChI=1S/C12H15ClN4S/c1-7(2)10-11(13)15-6-16-12(10)14-4-9-17-8(3)5-18-9/h5-7H,4H2,1-3H3,(H,14,15,16). The molecule has 0 aliphatic rings. The molecule has 0 atom stereocenters. The van der Waals surface area contributed by atoms with Gasteiger partial charge in [0.25, 0.3) is 0 Å². The molecule has 0 spiro atoms. The van der Waals surface area contributed by atoms with Crippen LogP contribution in [0, 0.1) is 6.92 Å². The van der Waals surface area contributed by atoms with E-state index in [1.807, 2.05) is 12.3 Å². The number of thiazole rings is 1. The van der Waals surface area contributed by atoms with Crippen LogP contribution in [0.25, 0.3) is 0 Å². The number of nitrogens with one attached hydrogen (secondary N) is 1. The summed E-state index contributed by atoms with van der Waals surface area (Å²) in [5.74, 6) is 1.07. The normalized spacial score (nSPS) is 10.9. The Labute approximate surface area is 115 Å². The van der Waals surface area contributed by atoms with Crippen LogP contribution in [-0.2, 0) is 6.54 Å². The first kappa shape index (κ1) is 13.2. The summed E-state index contributed by atoms with van der Waals surface area (Å²) >= 11 is 7.74. The van der Waals surface area contributed by atoms with E-state index in [4.69, 9.17) is 11.6 Å². The van der Waals surface area contributed by atoms with E-state index in [2.05, 4.69) is 34.1 Å². The number of nitrogens with zero attached hydrogens (tertiary/aromatic N) is 3. The largest absolute Gasteiger partial charge is 0.363 e. The number of rotatable bonds is 4. The van der Waals surface area contributed by atoms with Crippen molar-refractivity contribution in [2.75, 3.05) is 5.32 Å². The van der Waals surface area contributed by atoms with E-state index in [9.17, 15) is 0 Å². The van der Waals surface area contributed by atoms with Crippen molar-refractivity contribution in [3.63, 3.8) is 0 Å². The topological polar surface area (TPSA) is 50.7 Å². The number of hydrogen-bond acceptors (Lipinski definition) is 5. The van der Waals surface area contributed by atoms with Gasteiger partial charge in [0.15, 0.2) is 0 Å². The molecule has 0 fully saturated rings. The Morgan fingerprint density at radius 1 is 1.39 bits per heavy atom. The molecule has 2 aromatic rings. The number of hydrogen-bond donors (Lipinski definition) is 1. The van der Waals surface area contributed by atoms with Gasteiger partial charge in [0.05, 0.1) is 6.54 Å². The first-order valence-electron chi connectivity index (χ1n) is 5.73. The predicted molar refractivity (Wildman–Crippen MR) is 75.3 cm³/mol. The highest BCUT2D eigenvalue weighted by molar-refractivity contribution is 7.09. The lowest BCUT2D eigenvalue weighted by molar-refractivity contribution is 0.844. The monoisotopic (exact) mass is 282 g/mol. The highest BCUT2D eigenvalue weighted by Gasteiger charge is 2.13. The molecule has 2 rings (SSSR count). The molecule has 0 unspecified atom stereocenters. The average molecular weight is 283 g/mol. The van der Waals surface area contributed by atoms with Gasteiger partial charge in [-0.1, -0.05) is 25.4 Å². The summed E-state index contributed by atoms with van der Waals surface area (Å²) in [7, 11) is 0. The Morgan fingerprint density at radius 2 is 2.17 bits per heavy atom. The third-order valence-electron chi connectivity index (χ3n) is 2.49. The zero-order chi connectivity index (χ0) is 13.1. The molecule has 4 nitrogen and oxygen atoms in total. The molecule has 0 saturated heterocycles. The third-order valence-corrected chi connectivity index (χ3v) is 3.75. The van der Waals surface area contributed by atoms with Crippen LogP contribution >= 0.6 is 22.9 Å². The van der Waals surface area contributed by atoms with Crippen molar-refractivity contribution in [3.8, 4) is 0 Å². The molecule has 0 aliphatic carbocycles. The second-order valence-corrected chi connectivity index (χ2v) is 5.62. The summed E-state index contributed by atoms with van der Waals surface area (Å²) in [4.78, 5) is 12.7. The van der Waals surface area contributed by atoms with Crippen LogP contribution < -0.4 is 5.32 Å². The SMILES string of the molecule is Cc1csc(CNc2ncnc(Cl)c2C(C)C)n1. The van der Waals surface area contributed by atoms with E-state index in [-0.39, 0.29) is 5.92 Å². The lowest BCUT2D eigenvalue weighted by atomic mass is 10.1. The van der Waals surface area contributed by atoms with Crippen molar-refractivity contribution in [3.05, 3.63) is 33.1 Å². The third kappa shape index (κ3) is 2.97. The van der Waals surface area contributed by atoms with Crippen LogP contribution in [0.3, 0.4) is 0 Å². The lowest BCUT2D eigenvalue weighted by Crippen LogP contribution is -2.07. The fourth-order valence-electron chi connectivity index (χ4n) is 1.67. The number of halogens is 1. The summed E-state index contributed by atoms with van der Waals surface area (Å²) in [6.45, 7) is 6.79. The van der Waals surface area contributed by atoms with Gasteiger partial charge in [-0.15, -0.1) is 11.3 Å². The summed E-state index contributed by atoms with van der Waals surface area (Å²) in [6.07, 6.45) is 1.48. The van der Waals surface area contributed by atoms with Gasteiger partial charge in [-0.25, -0.2) is 15.0 Å². The van der Waals surface area contributed by atoms with Gasteiger partial charge in [0.1, 0.15) is 22.3 Å². The van der Waals surface area contributed by atoms with E-state index in [1.54, 1.807) is 11.3 Å². The minimum atomic E-state index is 0.277. The van der Waals surface area contributed by atoms with Crippen LogP contribution in [0.15, 0.2) is 11.7 Å². The van der Waals surface area contributed by atoms with Crippen molar-refractivity contribution in [1.29, 1.82) is 0 Å². The zero-order valence-corrected chi connectivity index (χ0v) is 12.1. The van der Waals surface area contributed by atoms with Crippen molar-refractivity contribution in [1.82, 2.24) is 15.0 Å². The summed E-state index contributed by atoms with van der Waals surface area (Å²) in [5.41, 5.74) is 1.99. The van der Waals surface area contributed by atoms with Crippen LogP contribution in [0.2, 0.25) is 5.15 Å². The van der Waals surface area contributed by atoms with Crippen LogP contribution in [0.5, 0.6) is 0 Å². The van der Waals surface area contributed by atoms with E-state index in [1.165, 1.54) is 6.33 Å². The molecule has 2 heterocycles. The Kier molecular flexibility index (Phi) is 4.14. The summed E-state index contributed by atoms with van der Waals surface area (Å²) < 4.78 is 0. The Bertz CT molecular complexity index is 539. The van der Waals surface area contributed by atoms with E-state index in [0.29, 0.717) is 11.7 Å². The maximum absolute atomic E-state index is 6.11. The summed E-state index contributed by atoms with van der Waals surface area (Å²) in [5, 5.41) is 6.86. The quantitative estimate of drug-likeness (QED) is 0.870. The molecule has 0 bridgehead atoms. The van der Waals surface area contributed by atoms with Gasteiger partial charge in [-0.2, -0.15) is 0 Å². The molecule has 1 N–H and O–H groups in total. The van der Waals surface area contributed by atoms with Gasteiger partial charge in [-0.3, -0.25) is 0 Å². The van der Waals surface area contributed by atoms with Gasteiger partial charge < -0.3 is 5.32 Å². The molecule has 18 heavy (non-hydrogen) atoms. The number of aromatic nitrogens is 3. The first-order chi connectivity index (χ1) is 8.58. The van der Waals surface area contributed by atoms with Gasteiger partial charge >= 0.3 is 0 Å². The Morgan fingerprint density at radius 3 is 2.78 bits per heavy atom. The molecule has 2 aromatic heterocycles. The molecule has 0 aliphatic heterocycles. The van der Waals surface area contributed by atoms with Crippen molar-refractivity contribution < 1.29 is 0 Å². The highest BCUT2D eigenvalue weighted by atomic mass is 35.5. The van der Waals surface area contributed by atoms with Crippen LogP contribution in [0.1, 0.15) is 36.0 Å². The van der Waals surface area contributed by atoms with E-state index >= 15 is 0 Å². The highest BCUT2D eigenvalue weighted by Crippen LogP contribution is 2.28. The molecule has 0 aromatic carbocycles. The lowest BCUT2D eigenvalue weighted by Gasteiger charge is -2.13. The Hall–Kier alpha value is -1.20. The zero-order valence-electron chi connectivity index (χ0n) is 10.6. The molecular formula is C12H15ClN4S. The van der Waals surface area contributed by atoms with Gasteiger partial charge in [0.2, 0.25) is 0 Å². The second-order valence-electron chi connectivity index (χ2n) is 4.32. The van der Waals surface area contributed by atoms with Crippen LogP contribution in [0.4, 0.5) is 5.82 Å². The molecule has 6 heteroatoms. The van der Waals surface area contributed by atoms with Crippen molar-refractivity contribution >= 4 is 28.8 Å². The van der Waals surface area contributed by atoms with Crippen molar-refractivity contribution in [2.45, 2.75) is 33.2 Å². The molecule has 0 radical (unpaired) electrons. The summed E-state index contributed by atoms with van der Waals surface area (Å²) in [6, 6.07) is 0. The van der Waals surface area contributed by atoms with Gasteiger partial charge in [0, 0.05) is 16.6 Å². The van der Waals surface area contributed by atoms with Crippen LogP contribution in [-0.4, -0.2) is 15.0 Å². The second kappa shape index (κ2) is 5.63. The van der Waals surface area contributed by atoms with Gasteiger partial charge in [-0.05, 0) is 12.8 Å². The molecule has 0 saturated carbocycles. The number of aryl methyl sites for hydroxylation is 1. The molecule has 0 amide bonds.